The lowest BCUT2D eigenvalue weighted by Crippen LogP contribution is -2.59. The zero-order valence-corrected chi connectivity index (χ0v) is 20.7. The normalized spacial score (nSPS) is 14.5. The number of aromatic amines is 1. The minimum atomic E-state index is -1.37. The molecule has 2 rings (SSSR count). The number of amides is 3. The van der Waals surface area contributed by atoms with Crippen LogP contribution < -0.4 is 21.7 Å². The molecule has 8 N–H and O–H groups in total. The van der Waals surface area contributed by atoms with Gasteiger partial charge in [-0.15, -0.1) is 0 Å². The van der Waals surface area contributed by atoms with Crippen LogP contribution in [0.4, 0.5) is 0 Å². The highest BCUT2D eigenvalue weighted by Crippen LogP contribution is 2.19. The molecule has 0 saturated heterocycles. The van der Waals surface area contributed by atoms with E-state index in [0.717, 1.165) is 10.9 Å². The quantitative estimate of drug-likeness (QED) is 0.163. The van der Waals surface area contributed by atoms with E-state index in [9.17, 15) is 29.1 Å². The van der Waals surface area contributed by atoms with Crippen LogP contribution in [0.3, 0.4) is 0 Å². The third-order valence-corrected chi connectivity index (χ3v) is 5.87. The third-order valence-electron chi connectivity index (χ3n) is 5.51. The van der Waals surface area contributed by atoms with Crippen molar-refractivity contribution in [3.63, 3.8) is 0 Å². The van der Waals surface area contributed by atoms with Crippen LogP contribution in [0.5, 0.6) is 0 Å². The number of rotatable bonds is 13. The summed E-state index contributed by atoms with van der Waals surface area (Å²) in [6.07, 6.45) is 1.07. The van der Waals surface area contributed by atoms with E-state index in [1.165, 1.54) is 0 Å². The first-order chi connectivity index (χ1) is 16.9. The van der Waals surface area contributed by atoms with Crippen LogP contribution in [0.15, 0.2) is 30.5 Å². The summed E-state index contributed by atoms with van der Waals surface area (Å²) in [6.45, 7) is 3.33. The number of benzene rings is 1. The average molecular weight is 522 g/mol. The van der Waals surface area contributed by atoms with Gasteiger partial charge in [0.1, 0.15) is 18.1 Å². The van der Waals surface area contributed by atoms with E-state index in [1.54, 1.807) is 20.0 Å². The molecule has 12 nitrogen and oxygen atoms in total. The molecular formula is C23H31N5O7S. The molecule has 4 unspecified atom stereocenters. The molecule has 13 heteroatoms. The fourth-order valence-electron chi connectivity index (χ4n) is 3.52. The summed E-state index contributed by atoms with van der Waals surface area (Å²) in [5, 5.41) is 26.6. The zero-order chi connectivity index (χ0) is 27.0. The van der Waals surface area contributed by atoms with Crippen molar-refractivity contribution in [2.75, 3.05) is 5.75 Å². The number of hydrogen-bond acceptors (Lipinski definition) is 7. The van der Waals surface area contributed by atoms with Crippen LogP contribution in [-0.4, -0.2) is 74.8 Å². The first kappa shape index (κ1) is 28.7. The van der Waals surface area contributed by atoms with Crippen LogP contribution in [0.25, 0.3) is 10.9 Å². The van der Waals surface area contributed by atoms with Crippen molar-refractivity contribution in [2.45, 2.75) is 50.9 Å². The molecule has 0 spiro atoms. The van der Waals surface area contributed by atoms with Gasteiger partial charge in [0.2, 0.25) is 17.7 Å². The molecule has 0 aliphatic heterocycles. The average Bonchev–Trinajstić information content (AvgIpc) is 3.22. The number of nitrogens with one attached hydrogen (secondary N) is 4. The van der Waals surface area contributed by atoms with Crippen molar-refractivity contribution in [2.24, 2.45) is 11.7 Å². The Morgan fingerprint density at radius 2 is 1.61 bits per heavy atom. The summed E-state index contributed by atoms with van der Waals surface area (Å²) in [4.78, 5) is 63.6. The summed E-state index contributed by atoms with van der Waals surface area (Å²) in [5.74, 6) is -5.42. The molecule has 36 heavy (non-hydrogen) atoms. The van der Waals surface area contributed by atoms with Gasteiger partial charge in [0.15, 0.2) is 0 Å². The Balaban J connectivity index is 2.09. The number of carbonyl (C=O) groups is 5. The van der Waals surface area contributed by atoms with Crippen molar-refractivity contribution < 1.29 is 34.2 Å². The second-order valence-electron chi connectivity index (χ2n) is 8.64. The molecule has 3 amide bonds. The Morgan fingerprint density at radius 3 is 2.19 bits per heavy atom. The smallest absolute Gasteiger partial charge is 0.326 e. The van der Waals surface area contributed by atoms with Gasteiger partial charge in [0, 0.05) is 29.3 Å². The number of carbonyl (C=O) groups excluding carboxylic acids is 3. The maximum absolute atomic E-state index is 13.0. The maximum atomic E-state index is 13.0. The van der Waals surface area contributed by atoms with Gasteiger partial charge >= 0.3 is 11.9 Å². The molecule has 1 aromatic heterocycles. The number of nitrogens with two attached hydrogens (primary N) is 1. The van der Waals surface area contributed by atoms with Gasteiger partial charge in [-0.1, -0.05) is 32.0 Å². The summed E-state index contributed by atoms with van der Waals surface area (Å²) in [6, 6.07) is 2.41. The van der Waals surface area contributed by atoms with E-state index in [-0.39, 0.29) is 12.2 Å². The number of para-hydroxylation sites is 1. The van der Waals surface area contributed by atoms with Crippen LogP contribution in [0.1, 0.15) is 25.8 Å². The number of carboxylic acids is 2. The molecule has 4 atom stereocenters. The SMILES string of the molecule is CC(C)C(NC(=O)C(CS)NC(=O)C(N)CC(=O)O)C(=O)NC(Cc1c[nH]c2ccccc12)C(=O)O. The number of thiol groups is 1. The standard InChI is InChI=1S/C23H31N5O7S/c1-11(2)19(28-21(32)17(10-36)27-20(31)14(24)8-18(29)30)22(33)26-16(23(34)35)7-12-9-25-15-6-4-3-5-13(12)15/h3-6,9,11,14,16-17,19,25,36H,7-8,10,24H2,1-2H3,(H,26,33)(H,27,31)(H,28,32)(H,29,30)(H,34,35). The van der Waals surface area contributed by atoms with Crippen molar-refractivity contribution in [3.8, 4) is 0 Å². The molecule has 0 bridgehead atoms. The molecular weight excluding hydrogens is 490 g/mol. The first-order valence-electron chi connectivity index (χ1n) is 11.2. The molecule has 1 aromatic carbocycles. The topological polar surface area (TPSA) is 204 Å². The monoisotopic (exact) mass is 521 g/mol. The highest BCUT2D eigenvalue weighted by Gasteiger charge is 2.32. The lowest BCUT2D eigenvalue weighted by molar-refractivity contribution is -0.142. The number of aliphatic carboxylic acids is 2. The van der Waals surface area contributed by atoms with E-state index < -0.39 is 66.2 Å². The van der Waals surface area contributed by atoms with E-state index in [2.05, 4.69) is 33.6 Å². The van der Waals surface area contributed by atoms with Gasteiger partial charge in [0.25, 0.3) is 0 Å². The van der Waals surface area contributed by atoms with E-state index in [1.807, 2.05) is 24.3 Å². The number of hydrogen-bond donors (Lipinski definition) is 8. The maximum Gasteiger partial charge on any atom is 0.326 e. The van der Waals surface area contributed by atoms with Crippen molar-refractivity contribution in [1.29, 1.82) is 0 Å². The molecule has 0 saturated carbocycles. The zero-order valence-electron chi connectivity index (χ0n) is 19.9. The van der Waals surface area contributed by atoms with Crippen LogP contribution in [0.2, 0.25) is 0 Å². The van der Waals surface area contributed by atoms with Crippen molar-refractivity contribution in [1.82, 2.24) is 20.9 Å². The van der Waals surface area contributed by atoms with Crippen molar-refractivity contribution >= 4 is 53.2 Å². The third kappa shape index (κ3) is 7.71. The number of H-pyrrole nitrogens is 1. The van der Waals surface area contributed by atoms with Crippen LogP contribution in [-0.2, 0) is 30.4 Å². The Kier molecular flexibility index (Phi) is 10.3. The predicted octanol–water partition coefficient (Wildman–Crippen LogP) is -0.363. The van der Waals surface area contributed by atoms with Gasteiger partial charge in [-0.05, 0) is 17.5 Å². The molecule has 0 aliphatic rings. The van der Waals surface area contributed by atoms with Crippen LogP contribution >= 0.6 is 12.6 Å². The summed E-state index contributed by atoms with van der Waals surface area (Å²) in [7, 11) is 0. The Morgan fingerprint density at radius 1 is 0.972 bits per heavy atom. The number of aromatic nitrogens is 1. The largest absolute Gasteiger partial charge is 0.481 e. The van der Waals surface area contributed by atoms with Gasteiger partial charge < -0.3 is 36.9 Å². The Hall–Kier alpha value is -3.58. The summed E-state index contributed by atoms with van der Waals surface area (Å²) in [5.41, 5.74) is 7.06. The van der Waals surface area contributed by atoms with E-state index in [4.69, 9.17) is 10.8 Å². The van der Waals surface area contributed by atoms with Gasteiger partial charge in [-0.25, -0.2) is 4.79 Å². The molecule has 2 aromatic rings. The first-order valence-corrected chi connectivity index (χ1v) is 11.8. The second-order valence-corrected chi connectivity index (χ2v) is 9.01. The predicted molar refractivity (Wildman–Crippen MR) is 134 cm³/mol. The molecule has 0 fully saturated rings. The molecule has 0 radical (unpaired) electrons. The number of fused-ring (bicyclic) bond motifs is 1. The molecule has 1 heterocycles. The summed E-state index contributed by atoms with van der Waals surface area (Å²) >= 11 is 4.04. The fraction of sp³-hybridized carbons (Fsp3) is 0.435. The van der Waals surface area contributed by atoms with Crippen molar-refractivity contribution in [3.05, 3.63) is 36.0 Å². The van der Waals surface area contributed by atoms with E-state index in [0.29, 0.717) is 5.56 Å². The minimum Gasteiger partial charge on any atom is -0.481 e. The van der Waals surface area contributed by atoms with Gasteiger partial charge in [-0.2, -0.15) is 12.6 Å². The summed E-state index contributed by atoms with van der Waals surface area (Å²) < 4.78 is 0. The molecule has 196 valence electrons. The Labute approximate surface area is 212 Å². The van der Waals surface area contributed by atoms with Gasteiger partial charge in [0.05, 0.1) is 12.5 Å². The Bertz CT molecular complexity index is 1120. The number of carboxylic acid groups (broad SMARTS) is 2. The highest BCUT2D eigenvalue weighted by molar-refractivity contribution is 7.80. The van der Waals surface area contributed by atoms with E-state index >= 15 is 0 Å². The minimum absolute atomic E-state index is 0.0145. The lowest BCUT2D eigenvalue weighted by Gasteiger charge is -2.26. The molecule has 0 aliphatic carbocycles. The van der Waals surface area contributed by atoms with Gasteiger partial charge in [-0.3, -0.25) is 19.2 Å². The van der Waals surface area contributed by atoms with Crippen LogP contribution in [0, 0.1) is 5.92 Å². The fourth-order valence-corrected chi connectivity index (χ4v) is 3.78. The highest BCUT2D eigenvalue weighted by atomic mass is 32.1. The second kappa shape index (κ2) is 12.9. The lowest BCUT2D eigenvalue weighted by atomic mass is 10.0.